The largest absolute Gasteiger partial charge is 0.382 e. The van der Waals surface area contributed by atoms with E-state index in [1.165, 1.54) is 12.8 Å². The molecule has 1 fully saturated rings. The summed E-state index contributed by atoms with van der Waals surface area (Å²) in [6.07, 6.45) is 2.35. The van der Waals surface area contributed by atoms with Crippen molar-refractivity contribution in [1.29, 1.82) is 5.26 Å². The Kier molecular flexibility index (Phi) is 4.22. The number of nitrogens with one attached hydrogen (secondary N) is 1. The number of nitriles is 1. The molecule has 0 saturated carbocycles. The van der Waals surface area contributed by atoms with E-state index in [2.05, 4.69) is 30.1 Å². The molecule has 18 heavy (non-hydrogen) atoms. The second-order valence-corrected chi connectivity index (χ2v) is 5.24. The second kappa shape index (κ2) is 5.88. The zero-order valence-electron chi connectivity index (χ0n) is 11.2. The maximum absolute atomic E-state index is 8.88. The Balaban J connectivity index is 1.90. The third-order valence-electron chi connectivity index (χ3n) is 3.62. The first kappa shape index (κ1) is 12.9. The standard InChI is InChI=1S/C15H21N3/c1-12(2)18-8-6-14(7-9-18)17-15-5-3-4-13(10-15)11-16/h3-5,10,12,14,17H,6-9H2,1-2H3. The molecule has 0 spiro atoms. The van der Waals surface area contributed by atoms with Crippen molar-refractivity contribution in [1.82, 2.24) is 4.90 Å². The number of likely N-dealkylation sites (tertiary alicyclic amines) is 1. The molecule has 1 heterocycles. The number of benzene rings is 1. The molecule has 1 aliphatic rings. The van der Waals surface area contributed by atoms with Gasteiger partial charge in [-0.15, -0.1) is 0 Å². The van der Waals surface area contributed by atoms with E-state index in [1.807, 2.05) is 24.3 Å². The lowest BCUT2D eigenvalue weighted by Crippen LogP contribution is -2.42. The van der Waals surface area contributed by atoms with Gasteiger partial charge in [0.15, 0.2) is 0 Å². The van der Waals surface area contributed by atoms with E-state index >= 15 is 0 Å². The molecule has 0 radical (unpaired) electrons. The third kappa shape index (κ3) is 3.24. The molecule has 0 bridgehead atoms. The summed E-state index contributed by atoms with van der Waals surface area (Å²) in [4.78, 5) is 2.52. The molecule has 1 N–H and O–H groups in total. The van der Waals surface area contributed by atoms with Crippen LogP contribution in [-0.2, 0) is 0 Å². The van der Waals surface area contributed by atoms with Crippen LogP contribution in [0.2, 0.25) is 0 Å². The van der Waals surface area contributed by atoms with Crippen molar-refractivity contribution in [2.75, 3.05) is 18.4 Å². The average Bonchev–Trinajstić information content (AvgIpc) is 2.39. The maximum atomic E-state index is 8.88. The number of piperidine rings is 1. The van der Waals surface area contributed by atoms with Crippen molar-refractivity contribution < 1.29 is 0 Å². The Morgan fingerprint density at radius 2 is 2.06 bits per heavy atom. The number of hydrogen-bond acceptors (Lipinski definition) is 3. The number of rotatable bonds is 3. The minimum Gasteiger partial charge on any atom is -0.382 e. The lowest BCUT2D eigenvalue weighted by molar-refractivity contribution is 0.177. The van der Waals surface area contributed by atoms with Crippen LogP contribution in [0.3, 0.4) is 0 Å². The summed E-state index contributed by atoms with van der Waals surface area (Å²) in [6, 6.07) is 11.1. The monoisotopic (exact) mass is 243 g/mol. The van der Waals surface area contributed by atoms with Gasteiger partial charge < -0.3 is 10.2 Å². The first-order valence-electron chi connectivity index (χ1n) is 6.70. The number of nitrogens with zero attached hydrogens (tertiary/aromatic N) is 2. The van der Waals surface area contributed by atoms with Gasteiger partial charge in [0.25, 0.3) is 0 Å². The van der Waals surface area contributed by atoms with Gasteiger partial charge in [0.05, 0.1) is 11.6 Å². The molecule has 0 aromatic heterocycles. The van der Waals surface area contributed by atoms with Crippen molar-refractivity contribution in [2.24, 2.45) is 0 Å². The Morgan fingerprint density at radius 1 is 1.33 bits per heavy atom. The van der Waals surface area contributed by atoms with Gasteiger partial charge in [-0.1, -0.05) is 6.07 Å². The van der Waals surface area contributed by atoms with E-state index in [4.69, 9.17) is 5.26 Å². The van der Waals surface area contributed by atoms with Crippen molar-refractivity contribution in [2.45, 2.75) is 38.8 Å². The summed E-state index contributed by atoms with van der Waals surface area (Å²) in [7, 11) is 0. The highest BCUT2D eigenvalue weighted by Crippen LogP contribution is 2.18. The fourth-order valence-electron chi connectivity index (χ4n) is 2.47. The highest BCUT2D eigenvalue weighted by Gasteiger charge is 2.20. The highest BCUT2D eigenvalue weighted by molar-refractivity contribution is 5.49. The van der Waals surface area contributed by atoms with Crippen LogP contribution in [0.25, 0.3) is 0 Å². The molecule has 0 amide bonds. The Morgan fingerprint density at radius 3 is 2.67 bits per heavy atom. The lowest BCUT2D eigenvalue weighted by Gasteiger charge is -2.35. The first-order chi connectivity index (χ1) is 8.69. The second-order valence-electron chi connectivity index (χ2n) is 5.24. The predicted octanol–water partition coefficient (Wildman–Crippen LogP) is 2.84. The van der Waals surface area contributed by atoms with Gasteiger partial charge in [0.1, 0.15) is 0 Å². The van der Waals surface area contributed by atoms with Crippen molar-refractivity contribution in [3.8, 4) is 6.07 Å². The normalized spacial score (nSPS) is 17.7. The van der Waals surface area contributed by atoms with E-state index < -0.39 is 0 Å². The molecule has 1 aromatic carbocycles. The molecule has 3 nitrogen and oxygen atoms in total. The van der Waals surface area contributed by atoms with Crippen LogP contribution in [0.1, 0.15) is 32.3 Å². The van der Waals surface area contributed by atoms with Crippen molar-refractivity contribution in [3.63, 3.8) is 0 Å². The molecule has 3 heteroatoms. The topological polar surface area (TPSA) is 39.1 Å². The smallest absolute Gasteiger partial charge is 0.0992 e. The highest BCUT2D eigenvalue weighted by atomic mass is 15.2. The Labute approximate surface area is 109 Å². The minimum absolute atomic E-state index is 0.536. The molecular formula is C15H21N3. The van der Waals surface area contributed by atoms with Crippen LogP contribution in [-0.4, -0.2) is 30.1 Å². The molecule has 2 rings (SSSR count). The number of hydrogen-bond donors (Lipinski definition) is 1. The lowest BCUT2D eigenvalue weighted by atomic mass is 10.0. The Hall–Kier alpha value is -1.53. The van der Waals surface area contributed by atoms with Crippen LogP contribution in [0, 0.1) is 11.3 Å². The molecule has 0 aliphatic carbocycles. The van der Waals surface area contributed by atoms with E-state index in [-0.39, 0.29) is 0 Å². The van der Waals surface area contributed by atoms with Gasteiger partial charge in [-0.25, -0.2) is 0 Å². The quantitative estimate of drug-likeness (QED) is 0.887. The molecule has 1 aromatic rings. The summed E-state index contributed by atoms with van der Waals surface area (Å²) < 4.78 is 0. The van der Waals surface area contributed by atoms with E-state index in [0.717, 1.165) is 24.3 Å². The summed E-state index contributed by atoms with van der Waals surface area (Å²) in [5, 5.41) is 12.4. The van der Waals surface area contributed by atoms with Gasteiger partial charge in [-0.3, -0.25) is 0 Å². The minimum atomic E-state index is 0.536. The fourth-order valence-corrected chi connectivity index (χ4v) is 2.47. The summed E-state index contributed by atoms with van der Waals surface area (Å²) in [5.74, 6) is 0. The molecule has 1 aliphatic heterocycles. The van der Waals surface area contributed by atoms with Gasteiger partial charge in [0, 0.05) is 30.9 Å². The van der Waals surface area contributed by atoms with Crippen LogP contribution >= 0.6 is 0 Å². The van der Waals surface area contributed by atoms with E-state index in [1.54, 1.807) is 0 Å². The maximum Gasteiger partial charge on any atom is 0.0992 e. The average molecular weight is 243 g/mol. The summed E-state index contributed by atoms with van der Waals surface area (Å²) in [6.45, 7) is 6.83. The fraction of sp³-hybridized carbons (Fsp3) is 0.533. The summed E-state index contributed by atoms with van der Waals surface area (Å²) in [5.41, 5.74) is 1.79. The van der Waals surface area contributed by atoms with E-state index in [0.29, 0.717) is 12.1 Å². The molecule has 0 unspecified atom stereocenters. The molecule has 1 saturated heterocycles. The molecular weight excluding hydrogens is 222 g/mol. The molecule has 0 atom stereocenters. The first-order valence-corrected chi connectivity index (χ1v) is 6.70. The van der Waals surface area contributed by atoms with E-state index in [9.17, 15) is 0 Å². The number of anilines is 1. The van der Waals surface area contributed by atoms with Gasteiger partial charge >= 0.3 is 0 Å². The van der Waals surface area contributed by atoms with Gasteiger partial charge in [-0.05, 0) is 44.9 Å². The van der Waals surface area contributed by atoms with Crippen LogP contribution < -0.4 is 5.32 Å². The van der Waals surface area contributed by atoms with Gasteiger partial charge in [-0.2, -0.15) is 5.26 Å². The third-order valence-corrected chi connectivity index (χ3v) is 3.62. The zero-order valence-corrected chi connectivity index (χ0v) is 11.2. The van der Waals surface area contributed by atoms with Crippen molar-refractivity contribution >= 4 is 5.69 Å². The van der Waals surface area contributed by atoms with Crippen molar-refractivity contribution in [3.05, 3.63) is 29.8 Å². The molecule has 96 valence electrons. The van der Waals surface area contributed by atoms with Crippen LogP contribution in [0.5, 0.6) is 0 Å². The SMILES string of the molecule is CC(C)N1CCC(Nc2cccc(C#N)c2)CC1. The Bertz CT molecular complexity index is 426. The zero-order chi connectivity index (χ0) is 13.0. The van der Waals surface area contributed by atoms with Crippen LogP contribution in [0.15, 0.2) is 24.3 Å². The van der Waals surface area contributed by atoms with Crippen LogP contribution in [0.4, 0.5) is 5.69 Å². The van der Waals surface area contributed by atoms with Gasteiger partial charge in [0.2, 0.25) is 0 Å². The summed E-state index contributed by atoms with van der Waals surface area (Å²) >= 11 is 0. The predicted molar refractivity (Wildman–Crippen MR) is 74.5 cm³/mol.